The van der Waals surface area contributed by atoms with E-state index in [0.717, 1.165) is 25.2 Å². The normalized spacial score (nSPS) is 20.1. The fraction of sp³-hybridized carbons (Fsp3) is 0.455. The molecular formula is C11H14N2O3. The van der Waals surface area contributed by atoms with Gasteiger partial charge in [-0.15, -0.1) is 0 Å². The van der Waals surface area contributed by atoms with Crippen molar-refractivity contribution in [3.63, 3.8) is 0 Å². The van der Waals surface area contributed by atoms with E-state index in [2.05, 4.69) is 4.90 Å². The van der Waals surface area contributed by atoms with Crippen molar-refractivity contribution in [1.82, 2.24) is 0 Å². The molecule has 0 aliphatic carbocycles. The molecule has 0 saturated carbocycles. The van der Waals surface area contributed by atoms with Gasteiger partial charge < -0.3 is 9.64 Å². The Morgan fingerprint density at radius 2 is 2.12 bits per heavy atom. The minimum Gasteiger partial charge on any atom is -0.380 e. The lowest BCUT2D eigenvalue weighted by Crippen LogP contribution is -2.21. The molecule has 1 aliphatic rings. The second-order valence-corrected chi connectivity index (χ2v) is 3.87. The number of hydrogen-bond acceptors (Lipinski definition) is 4. The molecule has 1 aliphatic heterocycles. The molecule has 0 N–H and O–H groups in total. The quantitative estimate of drug-likeness (QED) is 0.578. The summed E-state index contributed by atoms with van der Waals surface area (Å²) < 4.78 is 5.27. The zero-order chi connectivity index (χ0) is 11.5. The van der Waals surface area contributed by atoms with Crippen molar-refractivity contribution < 1.29 is 9.66 Å². The number of non-ortho nitro benzene ring substituents is 1. The first-order valence-corrected chi connectivity index (χ1v) is 5.23. The molecule has 1 unspecified atom stereocenters. The zero-order valence-electron chi connectivity index (χ0n) is 9.13. The highest BCUT2D eigenvalue weighted by atomic mass is 16.6. The van der Waals surface area contributed by atoms with E-state index in [9.17, 15) is 10.1 Å². The molecule has 2 rings (SSSR count). The lowest BCUT2D eigenvalue weighted by molar-refractivity contribution is -0.384. The summed E-state index contributed by atoms with van der Waals surface area (Å²) >= 11 is 0. The first-order chi connectivity index (χ1) is 7.70. The van der Waals surface area contributed by atoms with Crippen molar-refractivity contribution in [2.45, 2.75) is 12.5 Å². The van der Waals surface area contributed by atoms with Crippen LogP contribution in [0, 0.1) is 10.1 Å². The standard InChI is InChI=1S/C11H14N2O3/c1-16-11-6-7-12(8-11)9-2-4-10(5-3-9)13(14)15/h2-5,11H,6-8H2,1H3. The number of rotatable bonds is 3. The first-order valence-electron chi connectivity index (χ1n) is 5.23. The highest BCUT2D eigenvalue weighted by Crippen LogP contribution is 2.23. The van der Waals surface area contributed by atoms with Gasteiger partial charge in [-0.05, 0) is 18.6 Å². The molecule has 0 radical (unpaired) electrons. The summed E-state index contributed by atoms with van der Waals surface area (Å²) in [6, 6.07) is 6.65. The third kappa shape index (κ3) is 2.14. The molecule has 0 amide bonds. The topological polar surface area (TPSA) is 55.6 Å². The van der Waals surface area contributed by atoms with Crippen molar-refractivity contribution in [3.8, 4) is 0 Å². The molecule has 16 heavy (non-hydrogen) atoms. The van der Waals surface area contributed by atoms with Gasteiger partial charge in [0.1, 0.15) is 0 Å². The molecule has 0 spiro atoms. The number of hydrogen-bond donors (Lipinski definition) is 0. The van der Waals surface area contributed by atoms with Gasteiger partial charge in [0.05, 0.1) is 11.0 Å². The summed E-state index contributed by atoms with van der Waals surface area (Å²) in [6.07, 6.45) is 1.28. The van der Waals surface area contributed by atoms with Crippen LogP contribution in [0.25, 0.3) is 0 Å². The molecule has 1 heterocycles. The molecule has 1 fully saturated rings. The third-order valence-corrected chi connectivity index (χ3v) is 2.90. The Morgan fingerprint density at radius 1 is 1.44 bits per heavy atom. The summed E-state index contributed by atoms with van der Waals surface area (Å²) in [5.41, 5.74) is 1.15. The van der Waals surface area contributed by atoms with Crippen LogP contribution in [0.15, 0.2) is 24.3 Å². The molecule has 5 heteroatoms. The molecule has 1 saturated heterocycles. The van der Waals surface area contributed by atoms with E-state index in [0.29, 0.717) is 0 Å². The van der Waals surface area contributed by atoms with Crippen LogP contribution < -0.4 is 4.90 Å². The smallest absolute Gasteiger partial charge is 0.269 e. The van der Waals surface area contributed by atoms with Crippen LogP contribution >= 0.6 is 0 Å². The molecule has 0 bridgehead atoms. The van der Waals surface area contributed by atoms with Gasteiger partial charge in [-0.25, -0.2) is 0 Å². The predicted molar refractivity (Wildman–Crippen MR) is 60.7 cm³/mol. The monoisotopic (exact) mass is 222 g/mol. The van der Waals surface area contributed by atoms with E-state index >= 15 is 0 Å². The maximum Gasteiger partial charge on any atom is 0.269 e. The first kappa shape index (κ1) is 10.9. The Morgan fingerprint density at radius 3 is 2.62 bits per heavy atom. The summed E-state index contributed by atoms with van der Waals surface area (Å²) in [5, 5.41) is 10.5. The van der Waals surface area contributed by atoms with E-state index < -0.39 is 0 Å². The second kappa shape index (κ2) is 4.49. The highest BCUT2D eigenvalue weighted by molar-refractivity contribution is 5.51. The molecule has 1 aromatic rings. The van der Waals surface area contributed by atoms with Crippen molar-refractivity contribution in [3.05, 3.63) is 34.4 Å². The van der Waals surface area contributed by atoms with Gasteiger partial charge in [-0.1, -0.05) is 0 Å². The van der Waals surface area contributed by atoms with Crippen LogP contribution in [0.3, 0.4) is 0 Å². The molecule has 0 aromatic heterocycles. The Hall–Kier alpha value is -1.62. The van der Waals surface area contributed by atoms with Crippen molar-refractivity contribution in [2.24, 2.45) is 0 Å². The maximum absolute atomic E-state index is 10.5. The molecule has 86 valence electrons. The molecule has 1 aromatic carbocycles. The summed E-state index contributed by atoms with van der Waals surface area (Å²) in [7, 11) is 1.71. The lowest BCUT2D eigenvalue weighted by Gasteiger charge is -2.17. The fourth-order valence-corrected chi connectivity index (χ4v) is 1.94. The van der Waals surface area contributed by atoms with Crippen molar-refractivity contribution >= 4 is 11.4 Å². The minimum absolute atomic E-state index is 0.131. The Kier molecular flexibility index (Phi) is 3.05. The van der Waals surface area contributed by atoms with Crippen LogP contribution in [0.5, 0.6) is 0 Å². The van der Waals surface area contributed by atoms with Crippen LogP contribution in [0.1, 0.15) is 6.42 Å². The SMILES string of the molecule is COC1CCN(c2ccc([N+](=O)[O-])cc2)C1. The fourth-order valence-electron chi connectivity index (χ4n) is 1.94. The Labute approximate surface area is 93.8 Å². The summed E-state index contributed by atoms with van der Waals surface area (Å²) in [4.78, 5) is 12.3. The number of anilines is 1. The largest absolute Gasteiger partial charge is 0.380 e. The minimum atomic E-state index is -0.383. The van der Waals surface area contributed by atoms with Gasteiger partial charge in [-0.2, -0.15) is 0 Å². The van der Waals surface area contributed by atoms with Crippen molar-refractivity contribution in [2.75, 3.05) is 25.1 Å². The molecule has 5 nitrogen and oxygen atoms in total. The number of nitrogens with zero attached hydrogens (tertiary/aromatic N) is 2. The Balaban J connectivity index is 2.08. The van der Waals surface area contributed by atoms with Crippen LogP contribution in [0.4, 0.5) is 11.4 Å². The average Bonchev–Trinajstić information content (AvgIpc) is 2.77. The number of benzene rings is 1. The van der Waals surface area contributed by atoms with E-state index in [1.807, 2.05) is 0 Å². The number of ether oxygens (including phenoxy) is 1. The van der Waals surface area contributed by atoms with Gasteiger partial charge >= 0.3 is 0 Å². The highest BCUT2D eigenvalue weighted by Gasteiger charge is 2.22. The van der Waals surface area contributed by atoms with Crippen molar-refractivity contribution in [1.29, 1.82) is 0 Å². The van der Waals surface area contributed by atoms with E-state index in [1.165, 1.54) is 12.1 Å². The third-order valence-electron chi connectivity index (χ3n) is 2.90. The summed E-state index contributed by atoms with van der Waals surface area (Å²) in [5.74, 6) is 0. The summed E-state index contributed by atoms with van der Waals surface area (Å²) in [6.45, 7) is 1.80. The predicted octanol–water partition coefficient (Wildman–Crippen LogP) is 1.82. The van der Waals surface area contributed by atoms with Gasteiger partial charge in [0.25, 0.3) is 5.69 Å². The Bertz CT molecular complexity index is 377. The molecule has 1 atom stereocenters. The van der Waals surface area contributed by atoms with E-state index in [4.69, 9.17) is 4.74 Å². The number of nitro benzene ring substituents is 1. The van der Waals surface area contributed by atoms with E-state index in [1.54, 1.807) is 19.2 Å². The lowest BCUT2D eigenvalue weighted by atomic mass is 10.2. The van der Waals surface area contributed by atoms with Gasteiger partial charge in [0.2, 0.25) is 0 Å². The number of methoxy groups -OCH3 is 1. The van der Waals surface area contributed by atoms with E-state index in [-0.39, 0.29) is 16.7 Å². The average molecular weight is 222 g/mol. The number of nitro groups is 1. The van der Waals surface area contributed by atoms with Gasteiger partial charge in [0.15, 0.2) is 0 Å². The van der Waals surface area contributed by atoms with Crippen LogP contribution in [0.2, 0.25) is 0 Å². The van der Waals surface area contributed by atoms with Gasteiger partial charge in [-0.3, -0.25) is 10.1 Å². The van der Waals surface area contributed by atoms with Gasteiger partial charge in [0, 0.05) is 38.0 Å². The zero-order valence-corrected chi connectivity index (χ0v) is 9.13. The maximum atomic E-state index is 10.5. The van der Waals surface area contributed by atoms with Crippen LogP contribution in [-0.4, -0.2) is 31.2 Å². The second-order valence-electron chi connectivity index (χ2n) is 3.87. The molecular weight excluding hydrogens is 208 g/mol. The van der Waals surface area contributed by atoms with Crippen LogP contribution in [-0.2, 0) is 4.74 Å².